The van der Waals surface area contributed by atoms with Gasteiger partial charge in [0, 0.05) is 18.7 Å². The van der Waals surface area contributed by atoms with Gasteiger partial charge >= 0.3 is 0 Å². The molecule has 0 atom stereocenters. The van der Waals surface area contributed by atoms with Crippen molar-refractivity contribution in [2.45, 2.75) is 40.2 Å². The van der Waals surface area contributed by atoms with Crippen molar-refractivity contribution in [2.24, 2.45) is 0 Å². The summed E-state index contributed by atoms with van der Waals surface area (Å²) in [5.41, 5.74) is 1.07. The molecule has 0 saturated carbocycles. The fourth-order valence-electron chi connectivity index (χ4n) is 2.86. The van der Waals surface area contributed by atoms with Crippen molar-refractivity contribution in [1.29, 1.82) is 0 Å². The Bertz CT molecular complexity index is 868. The molecule has 0 radical (unpaired) electrons. The summed E-state index contributed by atoms with van der Waals surface area (Å²) >= 11 is 0. The van der Waals surface area contributed by atoms with Crippen molar-refractivity contribution >= 4 is 17.4 Å². The first-order valence-corrected chi connectivity index (χ1v) is 7.64. The molecule has 5 heteroatoms. The fraction of sp³-hybridized carbons (Fsp3) is 0.333. The number of anilines is 1. The number of hydrogen-bond acceptors (Lipinski definition) is 3. The minimum atomic E-state index is -0.381. The minimum Gasteiger partial charge on any atom is -0.460 e. The highest BCUT2D eigenvalue weighted by Gasteiger charge is 2.32. The van der Waals surface area contributed by atoms with E-state index in [1.165, 1.54) is 0 Å². The molecule has 1 amide bonds. The highest BCUT2D eigenvalue weighted by atomic mass is 16.3. The topological polar surface area (TPSA) is 50.8 Å². The van der Waals surface area contributed by atoms with Crippen molar-refractivity contribution in [3.63, 3.8) is 0 Å². The number of carbonyl (C=O) groups excluding carboxylic acids is 1. The zero-order valence-electron chi connectivity index (χ0n) is 14.1. The van der Waals surface area contributed by atoms with Gasteiger partial charge in [-0.25, -0.2) is 4.98 Å². The second kappa shape index (κ2) is 5.26. The number of furan rings is 1. The summed E-state index contributed by atoms with van der Waals surface area (Å²) < 4.78 is 7.70. The van der Waals surface area contributed by atoms with E-state index in [2.05, 4.69) is 4.98 Å². The van der Waals surface area contributed by atoms with Gasteiger partial charge in [0.2, 0.25) is 5.91 Å². The van der Waals surface area contributed by atoms with Gasteiger partial charge in [0.05, 0.1) is 0 Å². The number of aromatic nitrogens is 2. The Morgan fingerprint density at radius 2 is 1.96 bits per heavy atom. The molecule has 5 nitrogen and oxygen atoms in total. The Hall–Kier alpha value is -2.56. The monoisotopic (exact) mass is 311 g/mol. The molecule has 3 rings (SSSR count). The van der Waals surface area contributed by atoms with Crippen molar-refractivity contribution in [3.05, 3.63) is 42.3 Å². The molecule has 0 aliphatic carbocycles. The number of imidazole rings is 1. The summed E-state index contributed by atoms with van der Waals surface area (Å²) in [5.74, 6) is 2.17. The van der Waals surface area contributed by atoms with Crippen molar-refractivity contribution < 1.29 is 9.21 Å². The van der Waals surface area contributed by atoms with Crippen LogP contribution in [-0.2, 0) is 4.79 Å². The van der Waals surface area contributed by atoms with Crippen LogP contribution in [0.25, 0.3) is 17.1 Å². The van der Waals surface area contributed by atoms with Crippen LogP contribution in [-0.4, -0.2) is 20.8 Å². The van der Waals surface area contributed by atoms with E-state index in [0.717, 1.165) is 17.2 Å². The third-order valence-corrected chi connectivity index (χ3v) is 3.68. The first-order valence-electron chi connectivity index (χ1n) is 7.64. The molecule has 0 saturated heterocycles. The lowest BCUT2D eigenvalue weighted by molar-refractivity contribution is -0.117. The van der Waals surface area contributed by atoms with E-state index in [0.29, 0.717) is 11.5 Å². The van der Waals surface area contributed by atoms with E-state index in [1.54, 1.807) is 11.8 Å². The Balaban J connectivity index is 2.35. The van der Waals surface area contributed by atoms with Crippen molar-refractivity contribution in [1.82, 2.24) is 9.38 Å². The summed E-state index contributed by atoms with van der Waals surface area (Å²) in [4.78, 5) is 18.8. The van der Waals surface area contributed by atoms with Gasteiger partial charge in [-0.05, 0) is 52.0 Å². The van der Waals surface area contributed by atoms with Gasteiger partial charge in [0.25, 0.3) is 0 Å². The van der Waals surface area contributed by atoms with E-state index in [-0.39, 0.29) is 11.4 Å². The van der Waals surface area contributed by atoms with E-state index >= 15 is 0 Å². The van der Waals surface area contributed by atoms with Crippen molar-refractivity contribution in [3.8, 4) is 11.5 Å². The van der Waals surface area contributed by atoms with Crippen LogP contribution in [0.5, 0.6) is 0 Å². The lowest BCUT2D eigenvalue weighted by Gasteiger charge is -2.34. The molecule has 0 N–H and O–H groups in total. The van der Waals surface area contributed by atoms with Gasteiger partial charge in [0.1, 0.15) is 17.1 Å². The first-order chi connectivity index (χ1) is 10.8. The van der Waals surface area contributed by atoms with Gasteiger partial charge in [-0.1, -0.05) is 6.07 Å². The summed E-state index contributed by atoms with van der Waals surface area (Å²) in [6.45, 7) is 9.49. The number of rotatable bonds is 2. The summed E-state index contributed by atoms with van der Waals surface area (Å²) in [7, 11) is 0. The van der Waals surface area contributed by atoms with E-state index in [9.17, 15) is 4.79 Å². The number of nitrogens with zero attached hydrogens (tertiary/aromatic N) is 3. The van der Waals surface area contributed by atoms with Gasteiger partial charge in [-0.3, -0.25) is 14.1 Å². The normalized spacial score (nSPS) is 11.9. The third kappa shape index (κ3) is 2.63. The van der Waals surface area contributed by atoms with Crippen LogP contribution in [0.4, 0.5) is 5.82 Å². The number of fused-ring (bicyclic) bond motifs is 1. The Labute approximate surface area is 135 Å². The average Bonchev–Trinajstić information content (AvgIpc) is 3.02. The zero-order valence-corrected chi connectivity index (χ0v) is 14.1. The molecule has 3 aromatic heterocycles. The second-order valence-electron chi connectivity index (χ2n) is 6.65. The highest BCUT2D eigenvalue weighted by Crippen LogP contribution is 2.36. The zero-order chi connectivity index (χ0) is 16.8. The van der Waals surface area contributed by atoms with Crippen LogP contribution >= 0.6 is 0 Å². The van der Waals surface area contributed by atoms with E-state index in [4.69, 9.17) is 4.42 Å². The lowest BCUT2D eigenvalue weighted by atomic mass is 10.1. The predicted molar refractivity (Wildman–Crippen MR) is 90.5 cm³/mol. The molecule has 0 unspecified atom stereocenters. The second-order valence-corrected chi connectivity index (χ2v) is 6.65. The van der Waals surface area contributed by atoms with Crippen LogP contribution in [0.1, 0.15) is 33.5 Å². The Kier molecular flexibility index (Phi) is 3.51. The molecule has 3 heterocycles. The largest absolute Gasteiger partial charge is 0.460 e. The first kappa shape index (κ1) is 15.3. The van der Waals surface area contributed by atoms with Crippen LogP contribution in [0.3, 0.4) is 0 Å². The maximum Gasteiger partial charge on any atom is 0.225 e. The molecule has 120 valence electrons. The van der Waals surface area contributed by atoms with Gasteiger partial charge < -0.3 is 4.42 Å². The summed E-state index contributed by atoms with van der Waals surface area (Å²) in [6, 6.07) is 9.57. The summed E-state index contributed by atoms with van der Waals surface area (Å²) in [6.07, 6.45) is 1.92. The standard InChI is InChI=1S/C18H21N3O2/c1-12-9-10-14(23-12)16-17(21(13(2)22)18(3,4)5)20-11-7-6-8-15(20)19-16/h6-11H,1-5H3. The molecule has 3 aromatic rings. The van der Waals surface area contributed by atoms with E-state index in [1.807, 2.05) is 68.6 Å². The molecule has 0 aliphatic rings. The maximum atomic E-state index is 12.4. The Morgan fingerprint density at radius 3 is 2.52 bits per heavy atom. The molecule has 0 aliphatic heterocycles. The van der Waals surface area contributed by atoms with Gasteiger partial charge in [-0.15, -0.1) is 0 Å². The maximum absolute atomic E-state index is 12.4. The van der Waals surface area contributed by atoms with Gasteiger partial charge in [0.15, 0.2) is 11.6 Å². The number of pyridine rings is 1. The molecule has 23 heavy (non-hydrogen) atoms. The SMILES string of the molecule is CC(=O)N(c1c(-c2ccc(C)o2)nc2ccccn12)C(C)(C)C. The van der Waals surface area contributed by atoms with E-state index < -0.39 is 0 Å². The minimum absolute atomic E-state index is 0.0346. The molecule has 0 spiro atoms. The quantitative estimate of drug-likeness (QED) is 0.717. The van der Waals surface area contributed by atoms with Gasteiger partial charge in [-0.2, -0.15) is 0 Å². The number of hydrogen-bond donors (Lipinski definition) is 0. The van der Waals surface area contributed by atoms with Crippen molar-refractivity contribution in [2.75, 3.05) is 4.90 Å². The lowest BCUT2D eigenvalue weighted by Crippen LogP contribution is -2.45. The number of carbonyl (C=O) groups is 1. The molecule has 0 fully saturated rings. The number of aryl methyl sites for hydroxylation is 1. The third-order valence-electron chi connectivity index (χ3n) is 3.68. The van der Waals surface area contributed by atoms with Crippen LogP contribution in [0, 0.1) is 6.92 Å². The molecule has 0 aromatic carbocycles. The predicted octanol–water partition coefficient (Wildman–Crippen LogP) is 4.05. The Morgan fingerprint density at radius 1 is 1.22 bits per heavy atom. The van der Waals surface area contributed by atoms with Crippen LogP contribution in [0.15, 0.2) is 40.9 Å². The summed E-state index contributed by atoms with van der Waals surface area (Å²) in [5, 5.41) is 0. The smallest absolute Gasteiger partial charge is 0.225 e. The number of amides is 1. The highest BCUT2D eigenvalue weighted by molar-refractivity contribution is 5.96. The molecular formula is C18H21N3O2. The fourth-order valence-corrected chi connectivity index (χ4v) is 2.86. The van der Waals surface area contributed by atoms with Crippen LogP contribution < -0.4 is 4.90 Å². The average molecular weight is 311 g/mol. The van der Waals surface area contributed by atoms with Crippen LogP contribution in [0.2, 0.25) is 0 Å². The molecular weight excluding hydrogens is 290 g/mol. The molecule has 0 bridgehead atoms.